The van der Waals surface area contributed by atoms with Crippen molar-refractivity contribution in [3.63, 3.8) is 0 Å². The Kier molecular flexibility index (Phi) is 3.58. The van der Waals surface area contributed by atoms with Crippen LogP contribution >= 0.6 is 27.3 Å². The molecule has 0 aliphatic rings. The van der Waals surface area contributed by atoms with Crippen LogP contribution in [0.3, 0.4) is 0 Å². The number of fused-ring (bicyclic) bond motifs is 1. The van der Waals surface area contributed by atoms with Crippen LogP contribution in [0, 0.1) is 0 Å². The van der Waals surface area contributed by atoms with E-state index in [0.29, 0.717) is 5.69 Å². The molecule has 3 aromatic rings. The smallest absolute Gasteiger partial charge is 0.139 e. The third kappa shape index (κ3) is 2.62. The summed E-state index contributed by atoms with van der Waals surface area (Å²) in [4.78, 5) is 12.1. The first-order chi connectivity index (χ1) is 9.63. The SMILES string of the molecule is CN(Cc1cc(Br)cs1)c1ncnc2cc(N)ccc12. The first kappa shape index (κ1) is 13.3. The van der Waals surface area contributed by atoms with E-state index in [1.165, 1.54) is 4.88 Å². The molecule has 0 unspecified atom stereocenters. The second-order valence-corrected chi connectivity index (χ2v) is 6.47. The molecule has 0 fully saturated rings. The Morgan fingerprint density at radius 3 is 2.90 bits per heavy atom. The summed E-state index contributed by atoms with van der Waals surface area (Å²) in [5, 5.41) is 3.10. The van der Waals surface area contributed by atoms with Crippen molar-refractivity contribution in [3.05, 3.63) is 45.3 Å². The minimum absolute atomic E-state index is 0.715. The molecule has 0 saturated carbocycles. The van der Waals surface area contributed by atoms with Crippen molar-refractivity contribution in [2.24, 2.45) is 0 Å². The minimum Gasteiger partial charge on any atom is -0.399 e. The van der Waals surface area contributed by atoms with E-state index in [4.69, 9.17) is 5.73 Å². The topological polar surface area (TPSA) is 55.0 Å². The van der Waals surface area contributed by atoms with Gasteiger partial charge in [-0.2, -0.15) is 0 Å². The predicted molar refractivity (Wildman–Crippen MR) is 88.1 cm³/mol. The fourth-order valence-electron chi connectivity index (χ4n) is 2.11. The van der Waals surface area contributed by atoms with E-state index >= 15 is 0 Å². The standard InChI is InChI=1S/C14H13BrN4S/c1-19(6-11-4-9(15)7-20-11)14-12-3-2-10(16)5-13(12)17-8-18-14/h2-5,7-8H,6,16H2,1H3. The molecule has 0 bridgehead atoms. The summed E-state index contributed by atoms with van der Waals surface area (Å²) in [6, 6.07) is 7.85. The van der Waals surface area contributed by atoms with Gasteiger partial charge in [0.25, 0.3) is 0 Å². The Morgan fingerprint density at radius 1 is 1.30 bits per heavy atom. The Bertz CT molecular complexity index is 756. The zero-order chi connectivity index (χ0) is 14.1. The van der Waals surface area contributed by atoms with E-state index in [-0.39, 0.29) is 0 Å². The Morgan fingerprint density at radius 2 is 2.15 bits per heavy atom. The largest absolute Gasteiger partial charge is 0.399 e. The third-order valence-electron chi connectivity index (χ3n) is 3.02. The molecule has 6 heteroatoms. The van der Waals surface area contributed by atoms with Crippen molar-refractivity contribution in [2.45, 2.75) is 6.54 Å². The quantitative estimate of drug-likeness (QED) is 0.733. The molecule has 0 aliphatic carbocycles. The van der Waals surface area contributed by atoms with Crippen molar-refractivity contribution >= 4 is 49.7 Å². The molecule has 0 saturated heterocycles. The number of nitrogen functional groups attached to an aromatic ring is 1. The highest BCUT2D eigenvalue weighted by atomic mass is 79.9. The van der Waals surface area contributed by atoms with E-state index in [0.717, 1.165) is 27.7 Å². The normalized spacial score (nSPS) is 10.9. The van der Waals surface area contributed by atoms with Crippen molar-refractivity contribution < 1.29 is 0 Å². The van der Waals surface area contributed by atoms with E-state index in [2.05, 4.69) is 42.2 Å². The number of anilines is 2. The van der Waals surface area contributed by atoms with Crippen LogP contribution in [0.5, 0.6) is 0 Å². The van der Waals surface area contributed by atoms with E-state index in [1.54, 1.807) is 17.7 Å². The molecule has 3 rings (SSSR count). The number of nitrogens with two attached hydrogens (primary N) is 1. The van der Waals surface area contributed by atoms with Gasteiger partial charge in [0.05, 0.1) is 12.1 Å². The number of halogens is 1. The monoisotopic (exact) mass is 348 g/mol. The van der Waals surface area contributed by atoms with Crippen LogP contribution in [-0.2, 0) is 6.54 Å². The average molecular weight is 349 g/mol. The third-order valence-corrected chi connectivity index (χ3v) is 4.70. The number of rotatable bonds is 3. The molecular weight excluding hydrogens is 336 g/mol. The van der Waals surface area contributed by atoms with Crippen LogP contribution in [0.1, 0.15) is 4.88 Å². The second kappa shape index (κ2) is 5.38. The lowest BCUT2D eigenvalue weighted by Gasteiger charge is -2.18. The van der Waals surface area contributed by atoms with Gasteiger partial charge in [-0.3, -0.25) is 0 Å². The van der Waals surface area contributed by atoms with Gasteiger partial charge in [0.1, 0.15) is 12.1 Å². The number of aromatic nitrogens is 2. The summed E-state index contributed by atoms with van der Waals surface area (Å²) in [6.07, 6.45) is 1.58. The van der Waals surface area contributed by atoms with Gasteiger partial charge >= 0.3 is 0 Å². The molecule has 2 N–H and O–H groups in total. The zero-order valence-corrected chi connectivity index (χ0v) is 13.3. The van der Waals surface area contributed by atoms with Crippen LogP contribution in [-0.4, -0.2) is 17.0 Å². The zero-order valence-electron chi connectivity index (χ0n) is 10.9. The summed E-state index contributed by atoms with van der Waals surface area (Å²) in [7, 11) is 2.03. The molecule has 20 heavy (non-hydrogen) atoms. The van der Waals surface area contributed by atoms with Gasteiger partial charge in [-0.25, -0.2) is 9.97 Å². The summed E-state index contributed by atoms with van der Waals surface area (Å²) in [6.45, 7) is 0.812. The first-order valence-corrected chi connectivity index (χ1v) is 7.75. The maximum absolute atomic E-state index is 5.80. The molecule has 0 radical (unpaired) electrons. The van der Waals surface area contributed by atoms with E-state index < -0.39 is 0 Å². The lowest BCUT2D eigenvalue weighted by molar-refractivity contribution is 0.914. The van der Waals surface area contributed by atoms with Crippen molar-refractivity contribution in [1.82, 2.24) is 9.97 Å². The maximum Gasteiger partial charge on any atom is 0.139 e. The second-order valence-electron chi connectivity index (χ2n) is 4.56. The molecule has 0 amide bonds. The van der Waals surface area contributed by atoms with Crippen LogP contribution in [0.25, 0.3) is 10.9 Å². The first-order valence-electron chi connectivity index (χ1n) is 6.08. The highest BCUT2D eigenvalue weighted by Gasteiger charge is 2.10. The lowest BCUT2D eigenvalue weighted by atomic mass is 10.2. The number of hydrogen-bond donors (Lipinski definition) is 1. The molecule has 2 aromatic heterocycles. The molecular formula is C14H13BrN4S. The fourth-order valence-corrected chi connectivity index (χ4v) is 3.61. The molecule has 1 aromatic carbocycles. The van der Waals surface area contributed by atoms with Crippen molar-refractivity contribution in [1.29, 1.82) is 0 Å². The highest BCUT2D eigenvalue weighted by Crippen LogP contribution is 2.27. The summed E-state index contributed by atoms with van der Waals surface area (Å²) in [5.41, 5.74) is 7.38. The Hall–Kier alpha value is -1.66. The molecule has 2 heterocycles. The molecule has 4 nitrogen and oxygen atoms in total. The number of benzene rings is 1. The van der Waals surface area contributed by atoms with Gasteiger partial charge < -0.3 is 10.6 Å². The van der Waals surface area contributed by atoms with Gasteiger partial charge in [0.15, 0.2) is 0 Å². The summed E-state index contributed by atoms with van der Waals surface area (Å²) < 4.78 is 1.12. The van der Waals surface area contributed by atoms with Crippen LogP contribution in [0.2, 0.25) is 0 Å². The van der Waals surface area contributed by atoms with Crippen LogP contribution in [0.15, 0.2) is 40.4 Å². The van der Waals surface area contributed by atoms with E-state index in [1.807, 2.05) is 25.2 Å². The van der Waals surface area contributed by atoms with Gasteiger partial charge in [-0.05, 0) is 40.2 Å². The number of hydrogen-bond acceptors (Lipinski definition) is 5. The van der Waals surface area contributed by atoms with Crippen molar-refractivity contribution in [3.8, 4) is 0 Å². The van der Waals surface area contributed by atoms with Crippen LogP contribution in [0.4, 0.5) is 11.5 Å². The average Bonchev–Trinajstić information content (AvgIpc) is 2.83. The molecule has 0 atom stereocenters. The maximum atomic E-state index is 5.80. The predicted octanol–water partition coefficient (Wildman–Crippen LogP) is 3.67. The van der Waals surface area contributed by atoms with Crippen LogP contribution < -0.4 is 10.6 Å². The molecule has 102 valence electrons. The Labute approximate surface area is 129 Å². The fraction of sp³-hybridized carbons (Fsp3) is 0.143. The van der Waals surface area contributed by atoms with Gasteiger partial charge in [-0.15, -0.1) is 11.3 Å². The van der Waals surface area contributed by atoms with Gasteiger partial charge in [0.2, 0.25) is 0 Å². The summed E-state index contributed by atoms with van der Waals surface area (Å²) in [5.74, 6) is 0.916. The number of thiophene rings is 1. The van der Waals surface area contributed by atoms with Gasteiger partial charge in [0, 0.05) is 32.9 Å². The lowest BCUT2D eigenvalue weighted by Crippen LogP contribution is -2.17. The molecule has 0 aliphatic heterocycles. The number of nitrogens with zero attached hydrogens (tertiary/aromatic N) is 3. The van der Waals surface area contributed by atoms with Crippen molar-refractivity contribution in [2.75, 3.05) is 17.7 Å². The molecule has 0 spiro atoms. The highest BCUT2D eigenvalue weighted by molar-refractivity contribution is 9.10. The summed E-state index contributed by atoms with van der Waals surface area (Å²) >= 11 is 5.21. The minimum atomic E-state index is 0.715. The van der Waals surface area contributed by atoms with E-state index in [9.17, 15) is 0 Å². The van der Waals surface area contributed by atoms with Gasteiger partial charge in [-0.1, -0.05) is 0 Å². The Balaban J connectivity index is 1.96.